The normalized spacial score (nSPS) is 58.7. The van der Waals surface area contributed by atoms with Gasteiger partial charge in [0.1, 0.15) is 0 Å². The Labute approximate surface area is 68.7 Å². The van der Waals surface area contributed by atoms with Crippen molar-refractivity contribution in [2.45, 2.75) is 33.1 Å². The zero-order valence-corrected chi connectivity index (χ0v) is 7.43. The number of rotatable bonds is 0. The topological polar surface area (TPSA) is 0 Å². The molecule has 0 nitrogen and oxygen atoms in total. The maximum atomic E-state index is 2.49. The van der Waals surface area contributed by atoms with Crippen LogP contribution >= 0.6 is 0 Å². The molecule has 2 fully saturated rings. The molecular weight excluding hydrogens is 132 g/mol. The van der Waals surface area contributed by atoms with Gasteiger partial charge in [-0.1, -0.05) is 18.6 Å². The third-order valence-corrected chi connectivity index (χ3v) is 4.51. The molecule has 0 heteroatoms. The molecular formula is C11H16. The lowest BCUT2D eigenvalue weighted by atomic mass is 9.98. The summed E-state index contributed by atoms with van der Waals surface area (Å²) in [5.41, 5.74) is 2.53. The van der Waals surface area contributed by atoms with Crippen molar-refractivity contribution in [2.24, 2.45) is 23.2 Å². The van der Waals surface area contributed by atoms with E-state index in [-0.39, 0.29) is 0 Å². The van der Waals surface area contributed by atoms with Crippen molar-refractivity contribution in [2.75, 3.05) is 0 Å². The molecule has 0 aromatic carbocycles. The molecule has 0 aliphatic heterocycles. The first-order valence-corrected chi connectivity index (χ1v) is 4.92. The fourth-order valence-electron chi connectivity index (χ4n) is 4.00. The van der Waals surface area contributed by atoms with E-state index in [2.05, 4.69) is 19.9 Å². The van der Waals surface area contributed by atoms with E-state index in [0.717, 1.165) is 23.2 Å². The van der Waals surface area contributed by atoms with Gasteiger partial charge in [-0.25, -0.2) is 0 Å². The average Bonchev–Trinajstić information content (AvgIpc) is 2.38. The predicted octanol–water partition coefficient (Wildman–Crippen LogP) is 3.00. The largest absolute Gasteiger partial charge is 0.0847 e. The Kier molecular flexibility index (Phi) is 0.898. The molecule has 0 amide bonds. The lowest BCUT2D eigenvalue weighted by Crippen LogP contribution is -1.97. The maximum absolute atomic E-state index is 2.49. The van der Waals surface area contributed by atoms with E-state index in [1.165, 1.54) is 19.3 Å². The molecule has 4 unspecified atom stereocenters. The Bertz CT molecular complexity index is 238. The molecule has 60 valence electrons. The van der Waals surface area contributed by atoms with Gasteiger partial charge in [0.2, 0.25) is 0 Å². The van der Waals surface area contributed by atoms with Crippen molar-refractivity contribution in [3.05, 3.63) is 11.6 Å². The summed E-state index contributed by atoms with van der Waals surface area (Å²) in [6, 6.07) is 0. The standard InChI is InChI=1S/C11H16/c1-7-3-5-11-6-4-8(2)10(11)9(7)11/h3,8-10H,4-6H2,1-2H3. The summed E-state index contributed by atoms with van der Waals surface area (Å²) < 4.78 is 0. The van der Waals surface area contributed by atoms with Crippen LogP contribution in [0, 0.1) is 23.2 Å². The maximum Gasteiger partial charge on any atom is -0.0107 e. The van der Waals surface area contributed by atoms with Crippen molar-refractivity contribution in [3.63, 3.8) is 0 Å². The minimum absolute atomic E-state index is 0.823. The zero-order valence-electron chi connectivity index (χ0n) is 7.43. The number of hydrogen-bond acceptors (Lipinski definition) is 0. The third-order valence-electron chi connectivity index (χ3n) is 4.51. The lowest BCUT2D eigenvalue weighted by Gasteiger charge is -2.06. The highest BCUT2D eigenvalue weighted by molar-refractivity contribution is 5.34. The van der Waals surface area contributed by atoms with Gasteiger partial charge in [0.05, 0.1) is 0 Å². The molecule has 0 saturated heterocycles. The zero-order chi connectivity index (χ0) is 7.64. The smallest absolute Gasteiger partial charge is 0.0107 e. The van der Waals surface area contributed by atoms with E-state index >= 15 is 0 Å². The van der Waals surface area contributed by atoms with Crippen LogP contribution in [0.5, 0.6) is 0 Å². The van der Waals surface area contributed by atoms with E-state index < -0.39 is 0 Å². The molecule has 0 aromatic rings. The Morgan fingerprint density at radius 3 is 3.00 bits per heavy atom. The van der Waals surface area contributed by atoms with E-state index in [4.69, 9.17) is 0 Å². The first-order chi connectivity index (χ1) is 5.26. The second-order valence-corrected chi connectivity index (χ2v) is 4.90. The molecule has 0 radical (unpaired) electrons. The van der Waals surface area contributed by atoms with Crippen molar-refractivity contribution in [1.82, 2.24) is 0 Å². The molecule has 0 bridgehead atoms. The van der Waals surface area contributed by atoms with E-state index in [0.29, 0.717) is 0 Å². The molecule has 11 heavy (non-hydrogen) atoms. The average molecular weight is 148 g/mol. The van der Waals surface area contributed by atoms with Gasteiger partial charge in [0.25, 0.3) is 0 Å². The van der Waals surface area contributed by atoms with Gasteiger partial charge in [-0.3, -0.25) is 0 Å². The number of allylic oxidation sites excluding steroid dienone is 2. The second kappa shape index (κ2) is 1.57. The van der Waals surface area contributed by atoms with Crippen LogP contribution in [0.4, 0.5) is 0 Å². The van der Waals surface area contributed by atoms with Crippen LogP contribution < -0.4 is 0 Å². The summed E-state index contributed by atoms with van der Waals surface area (Å²) in [5, 5.41) is 0. The molecule has 2 saturated carbocycles. The van der Waals surface area contributed by atoms with E-state index in [1.807, 2.05) is 0 Å². The summed E-state index contributed by atoms with van der Waals surface area (Å²) in [4.78, 5) is 0. The number of hydrogen-bond donors (Lipinski definition) is 0. The van der Waals surface area contributed by atoms with Gasteiger partial charge in [0.15, 0.2) is 0 Å². The van der Waals surface area contributed by atoms with Gasteiger partial charge < -0.3 is 0 Å². The van der Waals surface area contributed by atoms with Crippen LogP contribution in [0.25, 0.3) is 0 Å². The van der Waals surface area contributed by atoms with Crippen LogP contribution in [0.3, 0.4) is 0 Å². The fourth-order valence-corrected chi connectivity index (χ4v) is 4.00. The first kappa shape index (κ1) is 6.28. The quantitative estimate of drug-likeness (QED) is 0.463. The summed E-state index contributed by atoms with van der Waals surface area (Å²) in [6.45, 7) is 4.79. The minimum Gasteiger partial charge on any atom is -0.0847 e. The highest BCUT2D eigenvalue weighted by atomic mass is 14.7. The summed E-state index contributed by atoms with van der Waals surface area (Å²) in [5.74, 6) is 3.17. The summed E-state index contributed by atoms with van der Waals surface area (Å²) in [6.07, 6.45) is 6.93. The molecule has 0 heterocycles. The van der Waals surface area contributed by atoms with Gasteiger partial charge in [-0.15, -0.1) is 0 Å². The van der Waals surface area contributed by atoms with Gasteiger partial charge >= 0.3 is 0 Å². The third kappa shape index (κ3) is 0.513. The summed E-state index contributed by atoms with van der Waals surface area (Å²) in [7, 11) is 0. The summed E-state index contributed by atoms with van der Waals surface area (Å²) >= 11 is 0. The Hall–Kier alpha value is -0.260. The SMILES string of the molecule is CC1=CCC23CCC(C)C2C13. The highest BCUT2D eigenvalue weighted by Gasteiger charge is 2.70. The molecule has 4 atom stereocenters. The van der Waals surface area contributed by atoms with Crippen LogP contribution in [0.1, 0.15) is 33.1 Å². The fraction of sp³-hybridized carbons (Fsp3) is 0.818. The molecule has 0 aromatic heterocycles. The molecule has 3 aliphatic rings. The molecule has 0 N–H and O–H groups in total. The molecule has 1 spiro atoms. The monoisotopic (exact) mass is 148 g/mol. The van der Waals surface area contributed by atoms with Gasteiger partial charge in [-0.2, -0.15) is 0 Å². The van der Waals surface area contributed by atoms with Crippen LogP contribution in [0.2, 0.25) is 0 Å². The van der Waals surface area contributed by atoms with Crippen molar-refractivity contribution in [1.29, 1.82) is 0 Å². The lowest BCUT2D eigenvalue weighted by molar-refractivity contribution is 0.477. The predicted molar refractivity (Wildman–Crippen MR) is 46.2 cm³/mol. The minimum atomic E-state index is 0.823. The van der Waals surface area contributed by atoms with Crippen molar-refractivity contribution < 1.29 is 0 Å². The van der Waals surface area contributed by atoms with Gasteiger partial charge in [-0.05, 0) is 49.4 Å². The van der Waals surface area contributed by atoms with E-state index in [1.54, 1.807) is 5.57 Å². The van der Waals surface area contributed by atoms with Crippen LogP contribution in [0.15, 0.2) is 11.6 Å². The Morgan fingerprint density at radius 1 is 1.55 bits per heavy atom. The first-order valence-electron chi connectivity index (χ1n) is 4.92. The Morgan fingerprint density at radius 2 is 2.36 bits per heavy atom. The van der Waals surface area contributed by atoms with Crippen molar-refractivity contribution in [3.8, 4) is 0 Å². The van der Waals surface area contributed by atoms with Crippen LogP contribution in [-0.4, -0.2) is 0 Å². The van der Waals surface area contributed by atoms with Crippen molar-refractivity contribution >= 4 is 0 Å². The van der Waals surface area contributed by atoms with Gasteiger partial charge in [0, 0.05) is 0 Å². The number of fused-ring (bicyclic) bond motifs is 1. The highest BCUT2D eigenvalue weighted by Crippen LogP contribution is 2.77. The molecule has 3 rings (SSSR count). The molecule has 3 aliphatic carbocycles. The van der Waals surface area contributed by atoms with E-state index in [9.17, 15) is 0 Å². The second-order valence-electron chi connectivity index (χ2n) is 4.90. The van der Waals surface area contributed by atoms with Crippen LogP contribution in [-0.2, 0) is 0 Å². The Balaban J connectivity index is 1.97.